The zero-order chi connectivity index (χ0) is 46.9. The van der Waals surface area contributed by atoms with E-state index in [1.165, 1.54) is 17.5 Å². The molecule has 4 aromatic rings. The van der Waals surface area contributed by atoms with Gasteiger partial charge in [-0.25, -0.2) is 31.1 Å². The van der Waals surface area contributed by atoms with Crippen LogP contribution >= 0.6 is 11.3 Å². The molecule has 0 fully saturated rings. The second-order valence-corrected chi connectivity index (χ2v) is 21.5. The molecule has 344 valence electrons. The number of carbonyl (C=O) groups excluding carboxylic acids is 2. The number of aliphatic imine (C=N–C) groups is 1. The molecule has 20 heteroatoms. The van der Waals surface area contributed by atoms with Crippen LogP contribution < -0.4 is 35.3 Å². The highest BCUT2D eigenvalue weighted by molar-refractivity contribution is 7.93. The maximum atomic E-state index is 14.0. The number of carboxylic acid groups (broad SMARTS) is 1. The van der Waals surface area contributed by atoms with Crippen molar-refractivity contribution >= 4 is 61.0 Å². The molecule has 3 heterocycles. The molecule has 17 nitrogen and oxygen atoms in total. The summed E-state index contributed by atoms with van der Waals surface area (Å²) in [5, 5.41) is 16.6. The number of benzene rings is 3. The van der Waals surface area contributed by atoms with Gasteiger partial charge in [-0.2, -0.15) is 0 Å². The topological polar surface area (TPSA) is 254 Å². The Morgan fingerprint density at radius 3 is 2.34 bits per heavy atom. The highest BCUT2D eigenvalue weighted by atomic mass is 32.2. The summed E-state index contributed by atoms with van der Waals surface area (Å²) in [6.07, 6.45) is 0.455. The van der Waals surface area contributed by atoms with E-state index < -0.39 is 55.3 Å². The molecule has 2 amide bonds. The molecule has 3 aromatic carbocycles. The highest BCUT2D eigenvalue weighted by Crippen LogP contribution is 2.44. The van der Waals surface area contributed by atoms with Crippen molar-refractivity contribution in [2.45, 2.75) is 115 Å². The number of nitrogens with one attached hydrogen (secondary N) is 4. The van der Waals surface area contributed by atoms with Crippen molar-refractivity contribution in [1.82, 2.24) is 15.4 Å². The van der Waals surface area contributed by atoms with Gasteiger partial charge in [0.05, 0.1) is 17.2 Å². The fourth-order valence-corrected chi connectivity index (χ4v) is 11.2. The van der Waals surface area contributed by atoms with E-state index in [2.05, 4.69) is 25.1 Å². The van der Waals surface area contributed by atoms with Crippen molar-refractivity contribution < 1.29 is 50.5 Å². The number of sulfonamides is 2. The van der Waals surface area contributed by atoms with E-state index in [-0.39, 0.29) is 64.6 Å². The number of nitrogens with two attached hydrogens (primary N) is 1. The average molecular weight is 939 g/mol. The molecule has 0 spiro atoms. The summed E-state index contributed by atoms with van der Waals surface area (Å²) >= 11 is 0.919. The van der Waals surface area contributed by atoms with Gasteiger partial charge in [0.15, 0.2) is 0 Å². The summed E-state index contributed by atoms with van der Waals surface area (Å²) in [6, 6.07) is 10.6. The molecule has 7 N–H and O–H groups in total. The number of anilines is 1. The van der Waals surface area contributed by atoms with Crippen LogP contribution in [-0.4, -0.2) is 76.3 Å². The summed E-state index contributed by atoms with van der Waals surface area (Å²) in [6.45, 7) is 14.9. The lowest BCUT2D eigenvalue weighted by atomic mass is 9.94. The van der Waals surface area contributed by atoms with Gasteiger partial charge in [0.2, 0.25) is 5.96 Å². The van der Waals surface area contributed by atoms with E-state index in [4.69, 9.17) is 19.9 Å². The summed E-state index contributed by atoms with van der Waals surface area (Å²) in [5.41, 5.74) is 10.2. The lowest BCUT2D eigenvalue weighted by Gasteiger charge is -2.19. The van der Waals surface area contributed by atoms with Crippen molar-refractivity contribution in [2.75, 3.05) is 17.9 Å². The highest BCUT2D eigenvalue weighted by Gasteiger charge is 2.37. The lowest BCUT2D eigenvalue weighted by molar-refractivity contribution is -0.139. The molecule has 1 atom stereocenters. The molecule has 2 aliphatic heterocycles. The maximum Gasteiger partial charge on any atom is 0.407 e. The van der Waals surface area contributed by atoms with Crippen molar-refractivity contribution in [3.63, 3.8) is 0 Å². The minimum Gasteiger partial charge on any atom is -0.492 e. The van der Waals surface area contributed by atoms with Gasteiger partial charge < -0.3 is 35.7 Å². The van der Waals surface area contributed by atoms with Gasteiger partial charge in [-0.05, 0) is 131 Å². The van der Waals surface area contributed by atoms with Crippen molar-refractivity contribution in [3.05, 3.63) is 86.1 Å². The summed E-state index contributed by atoms with van der Waals surface area (Å²) in [4.78, 5) is 41.8. The molecular formula is C44H54N6O11S3. The third-order valence-corrected chi connectivity index (χ3v) is 14.5. The molecule has 0 aliphatic carbocycles. The van der Waals surface area contributed by atoms with E-state index in [1.807, 2.05) is 44.2 Å². The van der Waals surface area contributed by atoms with Gasteiger partial charge in [-0.3, -0.25) is 14.5 Å². The van der Waals surface area contributed by atoms with Gasteiger partial charge >= 0.3 is 12.1 Å². The standard InChI is InChI=1S/C44H54N6O11S3/c1-24-25(2)38(26(3)31-22-44(7,8)60-35(24)31)64(57,58)50-41(45)46-17-9-10-33(40(52)53)48-39(51)37-32(16-19-62-37)49-63(55,56)34-21-30(20-29-15-18-59-36(29)34)28-13-11-27(12-14-28)23-47-42(54)61-43(4,5)6/h11-14,16,19-21,33,49H,9-10,15,17-18,22-23H2,1-8H3,(H,47,54)(H,48,51)(H,52,53)(H3,45,46,50)/t33-/m1/s1. The molecule has 1 aromatic heterocycles. The number of alkyl carbamates (subject to hydrolysis) is 1. The number of fused-ring (bicyclic) bond motifs is 2. The Morgan fingerprint density at radius 1 is 0.969 bits per heavy atom. The Kier molecular flexibility index (Phi) is 13.6. The fraction of sp³-hybridized carbons (Fsp3) is 0.409. The first kappa shape index (κ1) is 47.6. The van der Waals surface area contributed by atoms with Crippen LogP contribution in [0.5, 0.6) is 11.5 Å². The van der Waals surface area contributed by atoms with Crippen molar-refractivity contribution in [1.29, 1.82) is 0 Å². The third kappa shape index (κ3) is 10.9. The van der Waals surface area contributed by atoms with Gasteiger partial charge in [0.1, 0.15) is 38.5 Å². The van der Waals surface area contributed by atoms with Crippen LogP contribution in [0.2, 0.25) is 0 Å². The first-order valence-electron chi connectivity index (χ1n) is 20.5. The number of amides is 2. The monoisotopic (exact) mass is 938 g/mol. The van der Waals surface area contributed by atoms with E-state index in [1.54, 1.807) is 41.5 Å². The normalized spacial score (nSPS) is 15.0. The number of aliphatic carboxylic acids is 1. The Labute approximate surface area is 377 Å². The number of nitrogens with zero attached hydrogens (tertiary/aromatic N) is 1. The maximum absolute atomic E-state index is 14.0. The van der Waals surface area contributed by atoms with E-state index >= 15 is 0 Å². The number of carboxylic acids is 1. The second kappa shape index (κ2) is 18.3. The molecule has 0 radical (unpaired) electrons. The smallest absolute Gasteiger partial charge is 0.407 e. The predicted molar refractivity (Wildman–Crippen MR) is 243 cm³/mol. The molecule has 0 unspecified atom stereocenters. The molecule has 6 rings (SSSR count). The van der Waals surface area contributed by atoms with Crippen LogP contribution in [0.15, 0.2) is 62.6 Å². The predicted octanol–water partition coefficient (Wildman–Crippen LogP) is 6.07. The van der Waals surface area contributed by atoms with Gasteiger partial charge in [-0.1, -0.05) is 24.3 Å². The SMILES string of the molecule is Cc1c(C)c(S(=O)(=O)NC(N)=NCCC[C@@H](NC(=O)c2sccc2NS(=O)(=O)c2cc(-c3ccc(CNC(=O)OC(C)(C)C)cc3)cc3c2OCC3)C(=O)O)c(C)c2c1OC(C)(C)C2. The van der Waals surface area contributed by atoms with Crippen LogP contribution in [0.1, 0.15) is 90.5 Å². The van der Waals surface area contributed by atoms with Gasteiger partial charge in [0.25, 0.3) is 26.0 Å². The Balaban J connectivity index is 1.09. The van der Waals surface area contributed by atoms with Gasteiger partial charge in [-0.15, -0.1) is 11.3 Å². The number of hydrogen-bond acceptors (Lipinski definition) is 12. The summed E-state index contributed by atoms with van der Waals surface area (Å²) in [5.74, 6) is -1.67. The molecule has 0 saturated carbocycles. The second-order valence-electron chi connectivity index (χ2n) is 17.3. The van der Waals surface area contributed by atoms with Crippen LogP contribution in [0.4, 0.5) is 10.5 Å². The number of guanidine groups is 1. The largest absolute Gasteiger partial charge is 0.492 e. The summed E-state index contributed by atoms with van der Waals surface area (Å²) < 4.78 is 77.1. The average Bonchev–Trinajstić information content (AvgIpc) is 3.94. The molecule has 2 aliphatic rings. The summed E-state index contributed by atoms with van der Waals surface area (Å²) in [7, 11) is -8.51. The number of ether oxygens (including phenoxy) is 3. The minimum atomic E-state index is -4.36. The molecule has 64 heavy (non-hydrogen) atoms. The minimum absolute atomic E-state index is 0.0597. The first-order valence-corrected chi connectivity index (χ1v) is 24.3. The zero-order valence-corrected chi connectivity index (χ0v) is 39.4. The van der Waals surface area contributed by atoms with E-state index in [9.17, 15) is 36.3 Å². The third-order valence-electron chi connectivity index (χ3n) is 10.6. The van der Waals surface area contributed by atoms with Crippen LogP contribution in [-0.2, 0) is 49.0 Å². The molecule has 0 saturated heterocycles. The lowest BCUT2D eigenvalue weighted by Crippen LogP contribution is -2.41. The zero-order valence-electron chi connectivity index (χ0n) is 36.9. The quantitative estimate of drug-likeness (QED) is 0.0451. The van der Waals surface area contributed by atoms with Gasteiger partial charge in [0, 0.05) is 31.5 Å². The Morgan fingerprint density at radius 2 is 1.67 bits per heavy atom. The molecular weight excluding hydrogens is 885 g/mol. The number of thiophene rings is 1. The van der Waals surface area contributed by atoms with Crippen molar-refractivity contribution in [2.24, 2.45) is 10.7 Å². The Bertz CT molecular complexity index is 2740. The van der Waals surface area contributed by atoms with Crippen molar-refractivity contribution in [3.8, 4) is 22.6 Å². The number of carbonyl (C=O) groups is 3. The van der Waals surface area contributed by atoms with E-state index in [0.29, 0.717) is 52.0 Å². The fourth-order valence-electron chi connectivity index (χ4n) is 7.55. The number of hydrogen-bond donors (Lipinski definition) is 6. The molecule has 0 bridgehead atoms. The first-order chi connectivity index (χ1) is 29.9. The van der Waals surface area contributed by atoms with Crippen LogP contribution in [0.25, 0.3) is 11.1 Å². The number of rotatable bonds is 15. The van der Waals surface area contributed by atoms with Crippen LogP contribution in [0.3, 0.4) is 0 Å². The Hall–Kier alpha value is -5.86. The van der Waals surface area contributed by atoms with Crippen LogP contribution in [0, 0.1) is 20.8 Å². The van der Waals surface area contributed by atoms with E-state index in [0.717, 1.165) is 22.5 Å².